The molecule has 0 fully saturated rings. The third-order valence-electron chi connectivity index (χ3n) is 2.59. The van der Waals surface area contributed by atoms with Crippen molar-refractivity contribution < 1.29 is 13.2 Å². The van der Waals surface area contributed by atoms with Crippen LogP contribution in [0.2, 0.25) is 0 Å². The minimum Gasteiger partial charge on any atom is -0.476 e. The van der Waals surface area contributed by atoms with Gasteiger partial charge in [0.1, 0.15) is 11.5 Å². The van der Waals surface area contributed by atoms with Gasteiger partial charge in [-0.3, -0.25) is 0 Å². The van der Waals surface area contributed by atoms with Crippen molar-refractivity contribution in [3.05, 3.63) is 18.3 Å². The van der Waals surface area contributed by atoms with E-state index >= 15 is 0 Å². The van der Waals surface area contributed by atoms with E-state index in [1.54, 1.807) is 0 Å². The molecule has 18 heavy (non-hydrogen) atoms. The van der Waals surface area contributed by atoms with E-state index in [0.29, 0.717) is 12.5 Å². The Morgan fingerprint density at radius 3 is 2.44 bits per heavy atom. The van der Waals surface area contributed by atoms with Crippen LogP contribution in [0.1, 0.15) is 13.8 Å². The molecule has 1 aromatic heterocycles. The van der Waals surface area contributed by atoms with Gasteiger partial charge < -0.3 is 9.64 Å². The highest BCUT2D eigenvalue weighted by Gasteiger charge is 2.08. The summed E-state index contributed by atoms with van der Waals surface area (Å²) in [6, 6.07) is 2.89. The first-order valence-electron chi connectivity index (χ1n) is 5.81. The van der Waals surface area contributed by atoms with Crippen molar-refractivity contribution in [2.45, 2.75) is 18.7 Å². The first-order chi connectivity index (χ1) is 8.47. The van der Waals surface area contributed by atoms with Crippen LogP contribution in [0.5, 0.6) is 5.88 Å². The van der Waals surface area contributed by atoms with Gasteiger partial charge in [-0.25, -0.2) is 18.5 Å². The Hall–Kier alpha value is -1.18. The van der Waals surface area contributed by atoms with Crippen LogP contribution in [0.3, 0.4) is 0 Å². The molecule has 1 aromatic rings. The minimum absolute atomic E-state index is 0.0152. The fourth-order valence-corrected chi connectivity index (χ4v) is 1.90. The molecule has 0 aliphatic heterocycles. The molecule has 6 nitrogen and oxygen atoms in total. The molecule has 0 radical (unpaired) electrons. The fraction of sp³-hybridized carbons (Fsp3) is 0.545. The van der Waals surface area contributed by atoms with Gasteiger partial charge in [0.05, 0.1) is 6.20 Å². The Morgan fingerprint density at radius 2 is 2.00 bits per heavy atom. The number of primary sulfonamides is 1. The summed E-state index contributed by atoms with van der Waals surface area (Å²) in [6.07, 6.45) is 1.20. The zero-order valence-corrected chi connectivity index (χ0v) is 11.5. The van der Waals surface area contributed by atoms with Gasteiger partial charge in [-0.1, -0.05) is 13.8 Å². The molecule has 0 saturated carbocycles. The quantitative estimate of drug-likeness (QED) is 0.779. The number of hydrogen-bond acceptors (Lipinski definition) is 5. The number of aromatic nitrogens is 1. The van der Waals surface area contributed by atoms with Crippen LogP contribution in [0.15, 0.2) is 23.2 Å². The predicted octanol–water partition coefficient (Wildman–Crippen LogP) is 0.450. The molecule has 1 heterocycles. The van der Waals surface area contributed by atoms with Crippen molar-refractivity contribution in [1.82, 2.24) is 9.88 Å². The third-order valence-corrected chi connectivity index (χ3v) is 3.49. The molecule has 0 spiro atoms. The van der Waals surface area contributed by atoms with Crippen LogP contribution in [-0.4, -0.2) is 44.5 Å². The van der Waals surface area contributed by atoms with Crippen molar-refractivity contribution in [3.8, 4) is 5.88 Å². The number of likely N-dealkylation sites (N-methyl/N-ethyl adjacent to an activating group) is 1. The number of nitrogens with two attached hydrogens (primary N) is 1. The number of sulfonamides is 1. The molecule has 0 aliphatic rings. The molecule has 1 rings (SSSR count). The van der Waals surface area contributed by atoms with Gasteiger partial charge >= 0.3 is 0 Å². The van der Waals surface area contributed by atoms with Crippen LogP contribution in [0, 0.1) is 0 Å². The highest BCUT2D eigenvalue weighted by Crippen LogP contribution is 2.10. The van der Waals surface area contributed by atoms with Crippen molar-refractivity contribution in [2.75, 3.05) is 26.2 Å². The number of rotatable bonds is 7. The molecule has 0 saturated heterocycles. The van der Waals surface area contributed by atoms with Gasteiger partial charge in [0.2, 0.25) is 15.9 Å². The zero-order chi connectivity index (χ0) is 13.6. The van der Waals surface area contributed by atoms with Crippen molar-refractivity contribution >= 4 is 10.0 Å². The van der Waals surface area contributed by atoms with Crippen LogP contribution in [0.25, 0.3) is 0 Å². The molecular formula is C11H19N3O3S. The lowest BCUT2D eigenvalue weighted by molar-refractivity contribution is 0.218. The van der Waals surface area contributed by atoms with Gasteiger partial charge in [0.15, 0.2) is 0 Å². The number of ether oxygens (including phenoxy) is 1. The summed E-state index contributed by atoms with van der Waals surface area (Å²) in [4.78, 5) is 6.10. The van der Waals surface area contributed by atoms with Crippen LogP contribution in [0.4, 0.5) is 0 Å². The van der Waals surface area contributed by atoms with Gasteiger partial charge in [-0.15, -0.1) is 0 Å². The Morgan fingerprint density at radius 1 is 1.33 bits per heavy atom. The van der Waals surface area contributed by atoms with E-state index in [1.165, 1.54) is 18.3 Å². The van der Waals surface area contributed by atoms with Crippen molar-refractivity contribution in [3.63, 3.8) is 0 Å². The molecule has 7 heteroatoms. The highest BCUT2D eigenvalue weighted by atomic mass is 32.2. The summed E-state index contributed by atoms with van der Waals surface area (Å²) >= 11 is 0. The monoisotopic (exact) mass is 273 g/mol. The normalized spacial score (nSPS) is 11.8. The summed E-state index contributed by atoms with van der Waals surface area (Å²) in [5.74, 6) is 0.398. The van der Waals surface area contributed by atoms with Crippen LogP contribution < -0.4 is 9.88 Å². The van der Waals surface area contributed by atoms with E-state index in [1.807, 2.05) is 0 Å². The van der Waals surface area contributed by atoms with Crippen LogP contribution in [-0.2, 0) is 10.0 Å². The SMILES string of the molecule is CCN(CC)CCOc1ccc(S(N)(=O)=O)cn1. The smallest absolute Gasteiger partial charge is 0.239 e. The molecule has 0 bridgehead atoms. The second-order valence-electron chi connectivity index (χ2n) is 3.75. The average molecular weight is 273 g/mol. The van der Waals surface area contributed by atoms with E-state index in [-0.39, 0.29) is 4.90 Å². The predicted molar refractivity (Wildman–Crippen MR) is 68.9 cm³/mol. The van der Waals surface area contributed by atoms with E-state index < -0.39 is 10.0 Å². The molecule has 2 N–H and O–H groups in total. The largest absolute Gasteiger partial charge is 0.476 e. The summed E-state index contributed by atoms with van der Waals surface area (Å²) in [7, 11) is -3.69. The van der Waals surface area contributed by atoms with E-state index in [9.17, 15) is 8.42 Å². The number of hydrogen-bond donors (Lipinski definition) is 1. The number of pyridine rings is 1. The van der Waals surface area contributed by atoms with Gasteiger partial charge in [-0.05, 0) is 19.2 Å². The second-order valence-corrected chi connectivity index (χ2v) is 5.31. The lowest BCUT2D eigenvalue weighted by atomic mass is 10.5. The van der Waals surface area contributed by atoms with Gasteiger partial charge in [0, 0.05) is 12.6 Å². The molecule has 0 aliphatic carbocycles. The molecule has 0 atom stereocenters. The van der Waals surface area contributed by atoms with E-state index in [4.69, 9.17) is 9.88 Å². The summed E-state index contributed by atoms with van der Waals surface area (Å²) in [5, 5.41) is 4.97. The maximum atomic E-state index is 11.0. The minimum atomic E-state index is -3.69. The zero-order valence-electron chi connectivity index (χ0n) is 10.7. The van der Waals surface area contributed by atoms with E-state index in [0.717, 1.165) is 19.6 Å². The van der Waals surface area contributed by atoms with Gasteiger partial charge in [0.25, 0.3) is 0 Å². The molecule has 0 aromatic carbocycles. The Bertz CT molecular complexity index is 455. The Kier molecular flexibility index (Phi) is 5.52. The van der Waals surface area contributed by atoms with Gasteiger partial charge in [-0.2, -0.15) is 0 Å². The maximum Gasteiger partial charge on any atom is 0.239 e. The molecule has 102 valence electrons. The molecule has 0 unspecified atom stereocenters. The standard InChI is InChI=1S/C11H19N3O3S/c1-3-14(4-2)7-8-17-11-6-5-10(9-13-11)18(12,15)16/h5-6,9H,3-4,7-8H2,1-2H3,(H2,12,15,16). The van der Waals surface area contributed by atoms with Crippen LogP contribution >= 0.6 is 0 Å². The lowest BCUT2D eigenvalue weighted by Crippen LogP contribution is -2.28. The topological polar surface area (TPSA) is 85.5 Å². The highest BCUT2D eigenvalue weighted by molar-refractivity contribution is 7.89. The molecular weight excluding hydrogens is 254 g/mol. The Balaban J connectivity index is 2.50. The van der Waals surface area contributed by atoms with Crippen molar-refractivity contribution in [1.29, 1.82) is 0 Å². The first kappa shape index (κ1) is 14.9. The number of nitrogens with zero attached hydrogens (tertiary/aromatic N) is 2. The van der Waals surface area contributed by atoms with Crippen molar-refractivity contribution in [2.24, 2.45) is 5.14 Å². The summed E-state index contributed by atoms with van der Waals surface area (Å²) in [5.41, 5.74) is 0. The summed E-state index contributed by atoms with van der Waals surface area (Å²) in [6.45, 7) is 7.44. The molecule has 0 amide bonds. The Labute approximate surface area is 108 Å². The first-order valence-corrected chi connectivity index (χ1v) is 7.36. The van der Waals surface area contributed by atoms with E-state index in [2.05, 4.69) is 23.7 Å². The third kappa shape index (κ3) is 4.59. The lowest BCUT2D eigenvalue weighted by Gasteiger charge is -2.17. The maximum absolute atomic E-state index is 11.0. The second kappa shape index (κ2) is 6.67. The fourth-order valence-electron chi connectivity index (χ4n) is 1.44. The summed E-state index contributed by atoms with van der Waals surface area (Å²) < 4.78 is 27.5. The average Bonchev–Trinajstić information content (AvgIpc) is 2.34.